The Morgan fingerprint density at radius 1 is 1.11 bits per heavy atom. The number of likely N-dealkylation sites (N-methyl/N-ethyl adjacent to an activating group) is 1. The highest BCUT2D eigenvalue weighted by atomic mass is 16.7. The summed E-state index contributed by atoms with van der Waals surface area (Å²) in [6, 6.07) is -0.188. The Morgan fingerprint density at radius 3 is 2.40 bits per heavy atom. The SMILES string of the molecule is CO[C@]1(C)C[C@@H](C)CNCC2(CN(C(=O)CN3CCNCC3)C2)OC(=O)C(C)C(=O)[C@H](C)[C@H]1O[C@@H]1O[C@H](C)C[C@H](N(C)C)[C@H]1O. The standard InChI is InChI=1S/C32H57N5O8/c1-20-14-31(5,42-8)28(44-30-27(40)24(35(6)7)13-21(2)43-30)22(3)26(39)23(4)29(41)45-32(17-34-15-20)18-37(19-32)25(38)16-36-11-9-33-10-12-36/h20-24,27-28,30,33-34,40H,9-19H2,1-8H3/t20-,21-,22+,23?,24+,27-,28-,30+,31-/m1/s1. The van der Waals surface area contributed by atoms with Gasteiger partial charge >= 0.3 is 5.97 Å². The van der Waals surface area contributed by atoms with Crippen molar-refractivity contribution < 1.29 is 38.4 Å². The van der Waals surface area contributed by atoms with Crippen molar-refractivity contribution in [3.8, 4) is 0 Å². The zero-order valence-electron chi connectivity index (χ0n) is 28.5. The summed E-state index contributed by atoms with van der Waals surface area (Å²) in [7, 11) is 5.42. The van der Waals surface area contributed by atoms with Crippen LogP contribution in [-0.4, -0.2) is 159 Å². The summed E-state index contributed by atoms with van der Waals surface area (Å²) in [5.41, 5.74) is -1.84. The molecule has 9 atom stereocenters. The number of esters is 1. The van der Waals surface area contributed by atoms with Gasteiger partial charge in [-0.05, 0) is 60.2 Å². The van der Waals surface area contributed by atoms with E-state index in [9.17, 15) is 19.5 Å². The summed E-state index contributed by atoms with van der Waals surface area (Å²) in [6.07, 6.45) is -1.73. The Bertz CT molecular complexity index is 1040. The number of aliphatic hydroxyl groups is 1. The van der Waals surface area contributed by atoms with E-state index in [2.05, 4.69) is 22.5 Å². The molecule has 13 heteroatoms. The van der Waals surface area contributed by atoms with Crippen LogP contribution in [0.2, 0.25) is 0 Å². The maximum Gasteiger partial charge on any atom is 0.316 e. The van der Waals surface area contributed by atoms with Crippen LogP contribution in [0.15, 0.2) is 0 Å². The lowest BCUT2D eigenvalue weighted by atomic mass is 9.78. The molecular weight excluding hydrogens is 582 g/mol. The van der Waals surface area contributed by atoms with Gasteiger partial charge in [-0.2, -0.15) is 0 Å². The number of likely N-dealkylation sites (tertiary alicyclic amines) is 1. The molecule has 0 radical (unpaired) electrons. The van der Waals surface area contributed by atoms with E-state index in [0.29, 0.717) is 32.5 Å². The molecule has 0 aromatic heterocycles. The smallest absolute Gasteiger partial charge is 0.316 e. The van der Waals surface area contributed by atoms with Crippen molar-refractivity contribution in [3.05, 3.63) is 0 Å². The molecule has 0 saturated carbocycles. The second kappa shape index (κ2) is 15.0. The lowest BCUT2D eigenvalue weighted by Gasteiger charge is -2.50. The highest BCUT2D eigenvalue weighted by Gasteiger charge is 2.52. The van der Waals surface area contributed by atoms with Gasteiger partial charge in [-0.3, -0.25) is 19.3 Å². The Morgan fingerprint density at radius 2 is 1.78 bits per heavy atom. The third-order valence-corrected chi connectivity index (χ3v) is 10.2. The van der Waals surface area contributed by atoms with Crippen molar-refractivity contribution in [1.82, 2.24) is 25.3 Å². The van der Waals surface area contributed by atoms with E-state index in [4.69, 9.17) is 18.9 Å². The molecule has 1 spiro atoms. The number of Topliss-reactive ketones (excluding diaryl/α,β-unsaturated/α-hetero) is 1. The van der Waals surface area contributed by atoms with E-state index >= 15 is 0 Å². The predicted octanol–water partition coefficient (Wildman–Crippen LogP) is -0.297. The minimum absolute atomic E-state index is 0.0152. The fourth-order valence-corrected chi connectivity index (χ4v) is 7.38. The van der Waals surface area contributed by atoms with Gasteiger partial charge in [-0.1, -0.05) is 13.8 Å². The first-order chi connectivity index (χ1) is 21.2. The normalized spacial score (nSPS) is 39.0. The first-order valence-electron chi connectivity index (χ1n) is 16.6. The molecule has 0 aromatic carbocycles. The number of ketones is 1. The topological polar surface area (TPSA) is 142 Å². The second-order valence-corrected chi connectivity index (χ2v) is 14.4. The quantitative estimate of drug-likeness (QED) is 0.260. The Kier molecular flexibility index (Phi) is 12.1. The number of nitrogens with zero attached hydrogens (tertiary/aromatic N) is 3. The van der Waals surface area contributed by atoms with Crippen molar-refractivity contribution in [2.24, 2.45) is 17.8 Å². The van der Waals surface area contributed by atoms with Crippen molar-refractivity contribution in [1.29, 1.82) is 0 Å². The van der Waals surface area contributed by atoms with Gasteiger partial charge < -0.3 is 44.5 Å². The van der Waals surface area contributed by atoms with Gasteiger partial charge in [0.2, 0.25) is 5.91 Å². The molecule has 1 unspecified atom stereocenters. The number of carbonyl (C=O) groups is 3. The van der Waals surface area contributed by atoms with Gasteiger partial charge in [0, 0.05) is 51.8 Å². The van der Waals surface area contributed by atoms with Gasteiger partial charge in [0.15, 0.2) is 17.7 Å². The van der Waals surface area contributed by atoms with Crippen molar-refractivity contribution in [2.45, 2.75) is 89.3 Å². The Labute approximate surface area is 268 Å². The maximum absolute atomic E-state index is 14.0. The van der Waals surface area contributed by atoms with Crippen LogP contribution in [0.1, 0.15) is 47.5 Å². The van der Waals surface area contributed by atoms with E-state index in [-0.39, 0.29) is 42.8 Å². The Hall–Kier alpha value is -1.71. The van der Waals surface area contributed by atoms with Crippen LogP contribution in [0, 0.1) is 17.8 Å². The lowest BCUT2D eigenvalue weighted by Crippen LogP contribution is -2.70. The zero-order valence-corrected chi connectivity index (χ0v) is 28.5. The Balaban J connectivity index is 1.52. The molecule has 0 aliphatic carbocycles. The van der Waals surface area contributed by atoms with Crippen LogP contribution in [0.5, 0.6) is 0 Å². The number of hydrogen-bond acceptors (Lipinski definition) is 12. The fourth-order valence-electron chi connectivity index (χ4n) is 7.38. The number of piperazine rings is 1. The number of ether oxygens (including phenoxy) is 4. The summed E-state index contributed by atoms with van der Waals surface area (Å²) in [4.78, 5) is 46.4. The van der Waals surface area contributed by atoms with Crippen molar-refractivity contribution in [2.75, 3.05) is 80.1 Å². The van der Waals surface area contributed by atoms with Gasteiger partial charge in [0.25, 0.3) is 0 Å². The third kappa shape index (κ3) is 8.42. The van der Waals surface area contributed by atoms with Crippen LogP contribution in [0.3, 0.4) is 0 Å². The number of hydrogen-bond donors (Lipinski definition) is 3. The predicted molar refractivity (Wildman–Crippen MR) is 167 cm³/mol. The number of aliphatic hydroxyl groups excluding tert-OH is 1. The van der Waals surface area contributed by atoms with Crippen molar-refractivity contribution >= 4 is 17.7 Å². The van der Waals surface area contributed by atoms with Gasteiger partial charge in [-0.15, -0.1) is 0 Å². The molecule has 1 amide bonds. The second-order valence-electron chi connectivity index (χ2n) is 14.4. The highest BCUT2D eigenvalue weighted by molar-refractivity contribution is 6.00. The fraction of sp³-hybridized carbons (Fsp3) is 0.906. The molecule has 4 heterocycles. The molecule has 4 aliphatic rings. The largest absolute Gasteiger partial charge is 0.453 e. The molecule has 4 rings (SSSR count). The zero-order chi connectivity index (χ0) is 33.1. The number of nitrogens with one attached hydrogen (secondary N) is 2. The minimum Gasteiger partial charge on any atom is -0.453 e. The van der Waals surface area contributed by atoms with E-state index in [0.717, 1.165) is 26.2 Å². The van der Waals surface area contributed by atoms with Crippen LogP contribution in [-0.2, 0) is 33.3 Å². The summed E-state index contributed by atoms with van der Waals surface area (Å²) in [6.45, 7) is 14.5. The maximum atomic E-state index is 14.0. The molecular formula is C32H57N5O8. The molecule has 4 aliphatic heterocycles. The van der Waals surface area contributed by atoms with Gasteiger partial charge in [0.1, 0.15) is 12.0 Å². The van der Waals surface area contributed by atoms with Gasteiger partial charge in [0.05, 0.1) is 37.4 Å². The molecule has 3 N–H and O–H groups in total. The lowest BCUT2D eigenvalue weighted by molar-refractivity contribution is -0.295. The third-order valence-electron chi connectivity index (χ3n) is 10.2. The molecule has 258 valence electrons. The molecule has 45 heavy (non-hydrogen) atoms. The van der Waals surface area contributed by atoms with E-state index in [1.54, 1.807) is 25.9 Å². The number of carbonyl (C=O) groups excluding carboxylic acids is 3. The minimum atomic E-state index is -1.07. The average molecular weight is 640 g/mol. The monoisotopic (exact) mass is 639 g/mol. The summed E-state index contributed by atoms with van der Waals surface area (Å²) < 4.78 is 24.8. The summed E-state index contributed by atoms with van der Waals surface area (Å²) >= 11 is 0. The molecule has 13 nitrogen and oxygen atoms in total. The van der Waals surface area contributed by atoms with Crippen LogP contribution >= 0.6 is 0 Å². The van der Waals surface area contributed by atoms with Crippen LogP contribution < -0.4 is 10.6 Å². The summed E-state index contributed by atoms with van der Waals surface area (Å²) in [5, 5.41) is 18.0. The molecule has 4 fully saturated rings. The van der Waals surface area contributed by atoms with E-state index in [1.165, 1.54) is 0 Å². The number of methoxy groups -OCH3 is 1. The molecule has 4 saturated heterocycles. The van der Waals surface area contributed by atoms with Crippen molar-refractivity contribution in [3.63, 3.8) is 0 Å². The number of rotatable bonds is 6. The number of amides is 1. The van der Waals surface area contributed by atoms with Crippen LogP contribution in [0.4, 0.5) is 0 Å². The molecule has 0 aromatic rings. The van der Waals surface area contributed by atoms with Gasteiger partial charge in [-0.25, -0.2) is 0 Å². The highest BCUT2D eigenvalue weighted by Crippen LogP contribution is 2.37. The first kappa shape index (κ1) is 36.1. The average Bonchev–Trinajstić information content (AvgIpc) is 2.98. The van der Waals surface area contributed by atoms with E-state index < -0.39 is 47.5 Å². The molecule has 0 bridgehead atoms. The van der Waals surface area contributed by atoms with Crippen LogP contribution in [0.25, 0.3) is 0 Å². The van der Waals surface area contributed by atoms with E-state index in [1.807, 2.05) is 32.8 Å². The first-order valence-corrected chi connectivity index (χ1v) is 16.6. The summed E-state index contributed by atoms with van der Waals surface area (Å²) in [5.74, 6) is -2.70.